The molecule has 0 atom stereocenters. The second-order valence-electron chi connectivity index (χ2n) is 3.60. The lowest BCUT2D eigenvalue weighted by molar-refractivity contribution is 0.0998. The van der Waals surface area contributed by atoms with Crippen molar-refractivity contribution in [3.05, 3.63) is 5.56 Å². The van der Waals surface area contributed by atoms with Crippen LogP contribution >= 0.6 is 23.3 Å². The Kier molecular flexibility index (Phi) is 5.93. The van der Waals surface area contributed by atoms with Gasteiger partial charge in [-0.1, -0.05) is 19.8 Å². The van der Waals surface area contributed by atoms with Gasteiger partial charge in [-0.05, 0) is 23.7 Å². The van der Waals surface area contributed by atoms with E-state index in [1.54, 1.807) is 0 Å². The molecule has 0 fully saturated rings. The van der Waals surface area contributed by atoms with Gasteiger partial charge < -0.3 is 11.5 Å². The fraction of sp³-hybridized carbons (Fsp3) is 0.500. The monoisotopic (exact) mass is 288 g/mol. The van der Waals surface area contributed by atoms with E-state index in [4.69, 9.17) is 11.5 Å². The number of hydrogen-bond acceptors (Lipinski definition) is 5. The second kappa shape index (κ2) is 7.22. The number of urea groups is 1. The molecule has 1 aromatic rings. The molecule has 0 radical (unpaired) electrons. The lowest BCUT2D eigenvalue weighted by atomic mass is 10.3. The highest BCUT2D eigenvalue weighted by Gasteiger charge is 2.19. The summed E-state index contributed by atoms with van der Waals surface area (Å²) in [6.07, 6.45) is 3.32. The Morgan fingerprint density at radius 2 is 2.11 bits per heavy atom. The van der Waals surface area contributed by atoms with E-state index < -0.39 is 11.9 Å². The number of hydrogen-bond donors (Lipinski definition) is 3. The first-order valence-corrected chi connectivity index (χ1v) is 7.30. The third-order valence-corrected chi connectivity index (χ3v) is 4.07. The Balaban J connectivity index is 2.75. The average molecular weight is 288 g/mol. The normalized spacial score (nSPS) is 10.3. The van der Waals surface area contributed by atoms with Gasteiger partial charge in [0.2, 0.25) is 0 Å². The molecule has 0 aliphatic rings. The van der Waals surface area contributed by atoms with E-state index in [0.717, 1.165) is 36.5 Å². The van der Waals surface area contributed by atoms with Gasteiger partial charge in [0, 0.05) is 0 Å². The minimum Gasteiger partial charge on any atom is -0.365 e. The van der Waals surface area contributed by atoms with Crippen LogP contribution in [0.1, 0.15) is 36.5 Å². The predicted molar refractivity (Wildman–Crippen MR) is 74.1 cm³/mol. The van der Waals surface area contributed by atoms with Crippen LogP contribution in [0.15, 0.2) is 5.03 Å². The molecule has 0 unspecified atom stereocenters. The van der Waals surface area contributed by atoms with E-state index >= 15 is 0 Å². The smallest absolute Gasteiger partial charge is 0.317 e. The summed E-state index contributed by atoms with van der Waals surface area (Å²) in [6, 6.07) is -0.733. The van der Waals surface area contributed by atoms with Gasteiger partial charge in [0.15, 0.2) is 0 Å². The van der Waals surface area contributed by atoms with Crippen molar-refractivity contribution in [3.63, 3.8) is 0 Å². The van der Waals surface area contributed by atoms with E-state index in [1.807, 2.05) is 0 Å². The summed E-state index contributed by atoms with van der Waals surface area (Å²) in [6.45, 7) is 2.12. The maximum Gasteiger partial charge on any atom is 0.317 e. The zero-order valence-corrected chi connectivity index (χ0v) is 11.7. The highest BCUT2D eigenvalue weighted by Crippen LogP contribution is 2.31. The lowest BCUT2D eigenvalue weighted by Crippen LogP contribution is -2.21. The molecule has 1 heterocycles. The van der Waals surface area contributed by atoms with Crippen LogP contribution in [-0.2, 0) is 0 Å². The van der Waals surface area contributed by atoms with Gasteiger partial charge in [-0.15, -0.1) is 11.8 Å². The number of nitrogens with zero attached hydrogens (tertiary/aromatic N) is 1. The standard InChI is InChI=1S/C10H16N4O2S2/c1-2-3-4-5-17-9-6(7(11)15)8(18-14-9)13-10(12)16/h2-5H2,1H3,(H2,11,15)(H3,12,13,16). The van der Waals surface area contributed by atoms with Crippen molar-refractivity contribution in [1.29, 1.82) is 0 Å². The molecule has 0 saturated carbocycles. The fourth-order valence-electron chi connectivity index (χ4n) is 1.31. The molecule has 8 heteroatoms. The summed E-state index contributed by atoms with van der Waals surface area (Å²) in [4.78, 5) is 22.1. The van der Waals surface area contributed by atoms with Gasteiger partial charge in [0.05, 0.1) is 0 Å². The number of anilines is 1. The highest BCUT2D eigenvalue weighted by molar-refractivity contribution is 7.99. The molecule has 0 aliphatic carbocycles. The van der Waals surface area contributed by atoms with Crippen LogP contribution in [0.5, 0.6) is 0 Å². The zero-order valence-electron chi connectivity index (χ0n) is 10.1. The molecule has 0 bridgehead atoms. The number of nitrogens with two attached hydrogens (primary N) is 2. The number of amides is 3. The number of thioether (sulfide) groups is 1. The number of unbranched alkanes of at least 4 members (excludes halogenated alkanes) is 2. The summed E-state index contributed by atoms with van der Waals surface area (Å²) >= 11 is 2.48. The molecule has 6 nitrogen and oxygen atoms in total. The summed E-state index contributed by atoms with van der Waals surface area (Å²) in [7, 11) is 0. The number of nitrogens with one attached hydrogen (secondary N) is 1. The minimum absolute atomic E-state index is 0.250. The SMILES string of the molecule is CCCCCSc1nsc(NC(N)=O)c1C(N)=O. The van der Waals surface area contributed by atoms with Crippen molar-refractivity contribution in [2.24, 2.45) is 11.5 Å². The number of carbonyl (C=O) groups is 2. The Morgan fingerprint density at radius 3 is 2.67 bits per heavy atom. The Hall–Kier alpha value is -1.28. The number of rotatable bonds is 7. The van der Waals surface area contributed by atoms with E-state index in [1.165, 1.54) is 11.8 Å². The molecule has 1 aromatic heterocycles. The predicted octanol–water partition coefficient (Wildman–Crippen LogP) is 2.01. The summed E-state index contributed by atoms with van der Waals surface area (Å²) < 4.78 is 4.12. The Morgan fingerprint density at radius 1 is 1.39 bits per heavy atom. The van der Waals surface area contributed by atoms with Crippen molar-refractivity contribution in [3.8, 4) is 0 Å². The van der Waals surface area contributed by atoms with Gasteiger partial charge in [-0.25, -0.2) is 4.79 Å². The van der Waals surface area contributed by atoms with Crippen LogP contribution in [-0.4, -0.2) is 22.1 Å². The first-order chi connectivity index (χ1) is 8.56. The molecule has 5 N–H and O–H groups in total. The summed E-state index contributed by atoms with van der Waals surface area (Å²) in [5.41, 5.74) is 10.6. The third kappa shape index (κ3) is 4.19. The molecule has 1 rings (SSSR count). The second-order valence-corrected chi connectivity index (χ2v) is 5.46. The first kappa shape index (κ1) is 14.8. The van der Waals surface area contributed by atoms with Gasteiger partial charge in [-0.2, -0.15) is 4.37 Å². The molecule has 0 aliphatic heterocycles. The van der Waals surface area contributed by atoms with E-state index in [9.17, 15) is 9.59 Å². The van der Waals surface area contributed by atoms with Crippen molar-refractivity contribution in [2.45, 2.75) is 31.2 Å². The number of aromatic nitrogens is 1. The Labute approximate surface area is 114 Å². The van der Waals surface area contributed by atoms with E-state index in [2.05, 4.69) is 16.6 Å². The number of carbonyl (C=O) groups excluding carboxylic acids is 2. The average Bonchev–Trinajstić information content (AvgIpc) is 2.66. The minimum atomic E-state index is -0.733. The third-order valence-electron chi connectivity index (χ3n) is 2.13. The van der Waals surface area contributed by atoms with E-state index in [0.29, 0.717) is 10.0 Å². The maximum atomic E-state index is 11.4. The van der Waals surface area contributed by atoms with Gasteiger partial charge in [-0.3, -0.25) is 10.1 Å². The van der Waals surface area contributed by atoms with Crippen LogP contribution in [0.4, 0.5) is 9.80 Å². The Bertz CT molecular complexity index is 434. The van der Waals surface area contributed by atoms with Crippen molar-refractivity contribution < 1.29 is 9.59 Å². The topological polar surface area (TPSA) is 111 Å². The molecule has 18 heavy (non-hydrogen) atoms. The first-order valence-electron chi connectivity index (χ1n) is 5.55. The van der Waals surface area contributed by atoms with Crippen LogP contribution in [0.3, 0.4) is 0 Å². The van der Waals surface area contributed by atoms with Gasteiger partial charge in [0.25, 0.3) is 5.91 Å². The maximum absolute atomic E-state index is 11.4. The quantitative estimate of drug-likeness (QED) is 0.526. The largest absolute Gasteiger partial charge is 0.365 e. The van der Waals surface area contributed by atoms with E-state index in [-0.39, 0.29) is 5.56 Å². The molecule has 100 valence electrons. The van der Waals surface area contributed by atoms with Gasteiger partial charge >= 0.3 is 6.03 Å². The van der Waals surface area contributed by atoms with Crippen LogP contribution in [0.25, 0.3) is 0 Å². The molecular formula is C10H16N4O2S2. The highest BCUT2D eigenvalue weighted by atomic mass is 32.2. The van der Waals surface area contributed by atoms with Gasteiger partial charge in [0.1, 0.15) is 15.6 Å². The molecule has 3 amide bonds. The molecule has 0 saturated heterocycles. The number of primary amides is 2. The van der Waals surface area contributed by atoms with Crippen LogP contribution in [0, 0.1) is 0 Å². The molecule has 0 aromatic carbocycles. The zero-order chi connectivity index (χ0) is 13.5. The van der Waals surface area contributed by atoms with Crippen LogP contribution in [0.2, 0.25) is 0 Å². The summed E-state index contributed by atoms with van der Waals surface area (Å²) in [5.74, 6) is 0.263. The fourth-order valence-corrected chi connectivity index (χ4v) is 3.29. The van der Waals surface area contributed by atoms with Crippen molar-refractivity contribution in [1.82, 2.24) is 4.37 Å². The molecule has 0 spiro atoms. The lowest BCUT2D eigenvalue weighted by Gasteiger charge is -2.02. The molecular weight excluding hydrogens is 272 g/mol. The summed E-state index contributed by atoms with van der Waals surface area (Å²) in [5, 5.41) is 3.23. The van der Waals surface area contributed by atoms with Crippen LogP contribution < -0.4 is 16.8 Å². The van der Waals surface area contributed by atoms with Crippen molar-refractivity contribution in [2.75, 3.05) is 11.1 Å². The van der Waals surface area contributed by atoms with Crippen molar-refractivity contribution >= 4 is 40.2 Å².